The molecule has 28 heavy (non-hydrogen) atoms. The van der Waals surface area contributed by atoms with Crippen molar-refractivity contribution in [3.8, 4) is 0 Å². The third-order valence-electron chi connectivity index (χ3n) is 4.41. The predicted octanol–water partition coefficient (Wildman–Crippen LogP) is 2.94. The van der Waals surface area contributed by atoms with E-state index in [-0.39, 0.29) is 0 Å². The number of hydrogen-bond donors (Lipinski definition) is 1. The average Bonchev–Trinajstić information content (AvgIpc) is 2.73. The first-order chi connectivity index (χ1) is 13.7. The molecule has 1 aromatic heterocycles. The lowest BCUT2D eigenvalue weighted by molar-refractivity contribution is -0.106. The van der Waals surface area contributed by atoms with Crippen molar-refractivity contribution >= 4 is 18.1 Å². The van der Waals surface area contributed by atoms with Gasteiger partial charge in [-0.05, 0) is 40.6 Å². The molecular formula is C22H19F2N3O. The summed E-state index contributed by atoms with van der Waals surface area (Å²) in [5, 5.41) is 6.70. The molecule has 2 heterocycles. The van der Waals surface area contributed by atoms with E-state index in [4.69, 9.17) is 4.84 Å². The van der Waals surface area contributed by atoms with Gasteiger partial charge in [-0.2, -0.15) is 0 Å². The molecule has 1 N–H and O–H groups in total. The second kappa shape index (κ2) is 8.19. The molecule has 4 nitrogen and oxygen atoms in total. The number of pyridine rings is 1. The van der Waals surface area contributed by atoms with Crippen molar-refractivity contribution in [3.05, 3.63) is 94.0 Å². The van der Waals surface area contributed by atoms with Gasteiger partial charge in [0.05, 0.1) is 24.7 Å². The van der Waals surface area contributed by atoms with Crippen molar-refractivity contribution < 1.29 is 13.6 Å². The molecule has 6 heteroatoms. The van der Waals surface area contributed by atoms with Crippen LogP contribution in [0.3, 0.4) is 0 Å². The summed E-state index contributed by atoms with van der Waals surface area (Å²) in [6.45, 7) is 1.47. The van der Waals surface area contributed by atoms with Gasteiger partial charge in [0, 0.05) is 6.54 Å². The van der Waals surface area contributed by atoms with Gasteiger partial charge in [0.2, 0.25) is 0 Å². The Labute approximate surface area is 161 Å². The average molecular weight is 379 g/mol. The molecule has 4 rings (SSSR count). The van der Waals surface area contributed by atoms with Crippen molar-refractivity contribution in [2.45, 2.75) is 13.2 Å². The van der Waals surface area contributed by atoms with E-state index in [1.165, 1.54) is 6.07 Å². The molecular weight excluding hydrogens is 360 g/mol. The van der Waals surface area contributed by atoms with Crippen LogP contribution >= 0.6 is 0 Å². The lowest BCUT2D eigenvalue weighted by Crippen LogP contribution is -2.37. The van der Waals surface area contributed by atoms with Crippen molar-refractivity contribution in [2.75, 3.05) is 11.9 Å². The number of hydroxylamine groups is 2. The van der Waals surface area contributed by atoms with E-state index in [0.29, 0.717) is 31.1 Å². The van der Waals surface area contributed by atoms with Crippen molar-refractivity contribution in [1.82, 2.24) is 10.0 Å². The van der Waals surface area contributed by atoms with E-state index in [1.807, 2.05) is 54.7 Å². The van der Waals surface area contributed by atoms with Gasteiger partial charge < -0.3 is 5.32 Å². The molecule has 2 aromatic carbocycles. The Hall–Kier alpha value is -3.25. The minimum Gasteiger partial charge on any atom is -0.366 e. The maximum atomic E-state index is 13.3. The smallest absolute Gasteiger partial charge is 0.159 e. The zero-order chi connectivity index (χ0) is 19.3. The van der Waals surface area contributed by atoms with E-state index in [9.17, 15) is 8.78 Å². The zero-order valence-corrected chi connectivity index (χ0v) is 15.1. The van der Waals surface area contributed by atoms with Crippen molar-refractivity contribution in [2.24, 2.45) is 0 Å². The van der Waals surface area contributed by atoms with E-state index in [0.717, 1.165) is 22.2 Å². The molecule has 0 saturated carbocycles. The molecule has 0 spiro atoms. The highest BCUT2D eigenvalue weighted by molar-refractivity contribution is 5.42. The van der Waals surface area contributed by atoms with Gasteiger partial charge in [0.15, 0.2) is 11.6 Å². The Balaban J connectivity index is 1.44. The number of aromatic nitrogens is 1. The summed E-state index contributed by atoms with van der Waals surface area (Å²) in [6, 6.07) is 17.6. The first kappa shape index (κ1) is 18.1. The SMILES string of the molecule is Fc1ccc(CNc2ccc3c(n2)=CN(OCc2ccccc2)CC=3)cc1F. The first-order valence-electron chi connectivity index (χ1n) is 8.98. The van der Waals surface area contributed by atoms with Crippen molar-refractivity contribution in [3.63, 3.8) is 0 Å². The summed E-state index contributed by atoms with van der Waals surface area (Å²) in [5.74, 6) is -1.05. The normalized spacial score (nSPS) is 12.7. The zero-order valence-electron chi connectivity index (χ0n) is 15.1. The van der Waals surface area contributed by atoms with Crippen LogP contribution in [0.1, 0.15) is 11.1 Å². The number of nitrogens with one attached hydrogen (secondary N) is 1. The number of fused-ring (bicyclic) bond motifs is 1. The third-order valence-corrected chi connectivity index (χ3v) is 4.41. The standard InChI is InChI=1S/C22H19F2N3O/c23-19-8-6-17(12-20(19)24)13-25-22-9-7-18-10-11-27(14-21(18)26-22)28-15-16-4-2-1-3-5-16/h1-10,12,14H,11,13,15H2,(H,25,26). The van der Waals surface area contributed by atoms with Gasteiger partial charge in [-0.1, -0.05) is 42.5 Å². The molecule has 0 fully saturated rings. The Bertz CT molecular complexity index is 1090. The Kier molecular flexibility index (Phi) is 5.30. The quantitative estimate of drug-likeness (QED) is 0.715. The number of nitrogens with zero attached hydrogens (tertiary/aromatic N) is 2. The van der Waals surface area contributed by atoms with E-state index in [1.54, 1.807) is 11.1 Å². The maximum Gasteiger partial charge on any atom is 0.159 e. The van der Waals surface area contributed by atoms with Crippen LogP contribution in [0.4, 0.5) is 14.6 Å². The summed E-state index contributed by atoms with van der Waals surface area (Å²) in [5.41, 5.74) is 1.73. The molecule has 3 aromatic rings. The van der Waals surface area contributed by atoms with Crippen LogP contribution in [-0.4, -0.2) is 16.6 Å². The first-order valence-corrected chi connectivity index (χ1v) is 8.98. The number of rotatable bonds is 6. The minimum atomic E-state index is -0.855. The molecule has 0 unspecified atom stereocenters. The second-order valence-electron chi connectivity index (χ2n) is 6.46. The van der Waals surface area contributed by atoms with Gasteiger partial charge in [0.25, 0.3) is 0 Å². The topological polar surface area (TPSA) is 37.4 Å². The minimum absolute atomic E-state index is 0.348. The van der Waals surface area contributed by atoms with E-state index >= 15 is 0 Å². The fourth-order valence-corrected chi connectivity index (χ4v) is 2.90. The summed E-state index contributed by atoms with van der Waals surface area (Å²) in [4.78, 5) is 10.4. The van der Waals surface area contributed by atoms with Gasteiger partial charge in [-0.3, -0.25) is 9.90 Å². The maximum absolute atomic E-state index is 13.3. The number of anilines is 1. The summed E-state index contributed by atoms with van der Waals surface area (Å²) < 4.78 is 26.3. The van der Waals surface area contributed by atoms with Crippen LogP contribution in [0.2, 0.25) is 0 Å². The Morgan fingerprint density at radius 3 is 2.64 bits per heavy atom. The largest absolute Gasteiger partial charge is 0.366 e. The van der Waals surface area contributed by atoms with Crippen molar-refractivity contribution in [1.29, 1.82) is 0 Å². The van der Waals surface area contributed by atoms with Gasteiger partial charge in [-0.25, -0.2) is 13.8 Å². The highest BCUT2D eigenvalue weighted by atomic mass is 19.2. The van der Waals surface area contributed by atoms with Gasteiger partial charge in [0.1, 0.15) is 5.82 Å². The molecule has 0 radical (unpaired) electrons. The number of benzene rings is 2. The number of hydrogen-bond acceptors (Lipinski definition) is 4. The van der Waals surface area contributed by atoms with E-state index in [2.05, 4.69) is 10.3 Å². The molecule has 1 aliphatic rings. The van der Waals surface area contributed by atoms with Crippen LogP contribution in [0, 0.1) is 11.6 Å². The van der Waals surface area contributed by atoms with Crippen LogP contribution in [0.15, 0.2) is 60.7 Å². The van der Waals surface area contributed by atoms with Gasteiger partial charge >= 0.3 is 0 Å². The third kappa shape index (κ3) is 4.35. The van der Waals surface area contributed by atoms with Gasteiger partial charge in [-0.15, -0.1) is 0 Å². The fraction of sp³-hybridized carbons (Fsp3) is 0.136. The number of halogens is 2. The molecule has 0 atom stereocenters. The summed E-state index contributed by atoms with van der Waals surface area (Å²) in [6.07, 6.45) is 3.91. The fourth-order valence-electron chi connectivity index (χ4n) is 2.90. The van der Waals surface area contributed by atoms with Crippen LogP contribution in [-0.2, 0) is 18.0 Å². The Morgan fingerprint density at radius 2 is 1.82 bits per heavy atom. The van der Waals surface area contributed by atoms with Crippen LogP contribution in [0.25, 0.3) is 12.3 Å². The van der Waals surface area contributed by atoms with E-state index < -0.39 is 11.6 Å². The molecule has 0 saturated heterocycles. The molecule has 0 bridgehead atoms. The molecule has 0 amide bonds. The second-order valence-corrected chi connectivity index (χ2v) is 6.46. The highest BCUT2D eigenvalue weighted by Crippen LogP contribution is 2.10. The van der Waals surface area contributed by atoms with Crippen LogP contribution < -0.4 is 15.9 Å². The molecule has 1 aliphatic heterocycles. The highest BCUT2D eigenvalue weighted by Gasteiger charge is 2.07. The summed E-state index contributed by atoms with van der Waals surface area (Å²) >= 11 is 0. The summed E-state index contributed by atoms with van der Waals surface area (Å²) in [7, 11) is 0. The van der Waals surface area contributed by atoms with Crippen LogP contribution in [0.5, 0.6) is 0 Å². The lowest BCUT2D eigenvalue weighted by atomic mass is 10.2. The molecule has 142 valence electrons. The monoisotopic (exact) mass is 379 g/mol. The predicted molar refractivity (Wildman–Crippen MR) is 104 cm³/mol. The molecule has 0 aliphatic carbocycles. The lowest BCUT2D eigenvalue weighted by Gasteiger charge is -2.20. The Morgan fingerprint density at radius 1 is 0.964 bits per heavy atom.